The van der Waals surface area contributed by atoms with Crippen molar-refractivity contribution in [2.24, 2.45) is 0 Å². The molecule has 0 aliphatic rings. The molecule has 1 aromatic rings. The van der Waals surface area contributed by atoms with Crippen molar-refractivity contribution in [1.29, 1.82) is 0 Å². The maximum atomic E-state index is 4.95. The van der Waals surface area contributed by atoms with E-state index < -0.39 is 0 Å². The molecule has 0 radical (unpaired) electrons. The van der Waals surface area contributed by atoms with Gasteiger partial charge in [0.1, 0.15) is 0 Å². The smallest absolute Gasteiger partial charge is 0.322 e. The van der Waals surface area contributed by atoms with E-state index in [1.54, 1.807) is 8.05 Å². The number of rotatable bonds is 1. The molecule has 1 nitrogen and oxygen atoms in total. The van der Waals surface area contributed by atoms with Gasteiger partial charge in [-0.1, -0.05) is 15.9 Å². The molecule has 1 aromatic carbocycles. The zero-order chi connectivity index (χ0) is 6.69. The molecule has 9 heavy (non-hydrogen) atoms. The summed E-state index contributed by atoms with van der Waals surface area (Å²) < 4.78 is 6.02. The van der Waals surface area contributed by atoms with Crippen molar-refractivity contribution < 1.29 is 4.65 Å². The summed E-state index contributed by atoms with van der Waals surface area (Å²) in [6.07, 6.45) is 0. The van der Waals surface area contributed by atoms with Gasteiger partial charge in [-0.3, -0.25) is 0 Å². The monoisotopic (exact) mass is 184 g/mol. The molecule has 0 bridgehead atoms. The summed E-state index contributed by atoms with van der Waals surface area (Å²) >= 11 is 3.32. The first-order chi connectivity index (χ1) is 4.33. The summed E-state index contributed by atoms with van der Waals surface area (Å²) in [5.74, 6) is 0.887. The maximum absolute atomic E-state index is 4.95. The molecule has 0 fully saturated rings. The highest BCUT2D eigenvalue weighted by atomic mass is 79.9. The van der Waals surface area contributed by atoms with Crippen molar-refractivity contribution in [1.82, 2.24) is 0 Å². The number of halogens is 1. The molecule has 1 rings (SSSR count). The first kappa shape index (κ1) is 6.68. The Balaban J connectivity index is 2.88. The average molecular weight is 185 g/mol. The second kappa shape index (κ2) is 2.92. The van der Waals surface area contributed by atoms with Crippen molar-refractivity contribution in [2.75, 3.05) is 0 Å². The van der Waals surface area contributed by atoms with E-state index in [1.807, 2.05) is 24.3 Å². The van der Waals surface area contributed by atoms with Gasteiger partial charge in [0.15, 0.2) is 0 Å². The van der Waals surface area contributed by atoms with E-state index in [-0.39, 0.29) is 0 Å². The minimum absolute atomic E-state index is 0.887. The van der Waals surface area contributed by atoms with Gasteiger partial charge in [0.05, 0.1) is 5.75 Å². The Bertz CT molecular complexity index is 185. The van der Waals surface area contributed by atoms with Crippen molar-refractivity contribution in [3.05, 3.63) is 28.7 Å². The lowest BCUT2D eigenvalue weighted by molar-refractivity contribution is 0.616. The van der Waals surface area contributed by atoms with Gasteiger partial charge < -0.3 is 4.65 Å². The van der Waals surface area contributed by atoms with Gasteiger partial charge in [0.2, 0.25) is 0 Å². The van der Waals surface area contributed by atoms with Gasteiger partial charge in [-0.15, -0.1) is 0 Å². The molecule has 0 amide bonds. The highest BCUT2D eigenvalue weighted by molar-refractivity contribution is 9.10. The Kier molecular flexibility index (Phi) is 2.17. The molecule has 0 aliphatic heterocycles. The van der Waals surface area contributed by atoms with Crippen LogP contribution < -0.4 is 4.65 Å². The van der Waals surface area contributed by atoms with Crippen molar-refractivity contribution >= 4 is 24.0 Å². The minimum Gasteiger partial charge on any atom is -0.568 e. The van der Waals surface area contributed by atoms with E-state index in [9.17, 15) is 0 Å². The lowest BCUT2D eigenvalue weighted by atomic mass is 10.3. The zero-order valence-electron chi connectivity index (χ0n) is 5.10. The van der Waals surface area contributed by atoms with Gasteiger partial charge in [0, 0.05) is 4.47 Å². The fourth-order valence-corrected chi connectivity index (χ4v) is 0.835. The third-order valence-electron chi connectivity index (χ3n) is 1.05. The van der Waals surface area contributed by atoms with Gasteiger partial charge >= 0.3 is 8.05 Å². The summed E-state index contributed by atoms with van der Waals surface area (Å²) in [6.45, 7) is 0. The number of hydrogen-bond donors (Lipinski definition) is 0. The van der Waals surface area contributed by atoms with Crippen molar-refractivity contribution in [2.45, 2.75) is 0 Å². The van der Waals surface area contributed by atoms with E-state index in [2.05, 4.69) is 15.9 Å². The number of hydrogen-bond acceptors (Lipinski definition) is 1. The number of benzene rings is 1. The Morgan fingerprint density at radius 1 is 1.22 bits per heavy atom. The quantitative estimate of drug-likeness (QED) is 0.600. The molecular formula is C6H6BBrO. The van der Waals surface area contributed by atoms with Crippen molar-refractivity contribution in [3.8, 4) is 5.75 Å². The predicted octanol–water partition coefficient (Wildman–Crippen LogP) is 1.38. The molecule has 0 atom stereocenters. The highest BCUT2D eigenvalue weighted by Gasteiger charge is 1.86. The topological polar surface area (TPSA) is 9.23 Å². The standard InChI is InChI=1S/C6H6BBrO/c7-9-6-3-1-5(8)2-4-6/h1-4H,7H2. The van der Waals surface area contributed by atoms with E-state index in [0.717, 1.165) is 10.2 Å². The molecule has 0 saturated carbocycles. The van der Waals surface area contributed by atoms with E-state index in [1.165, 1.54) is 0 Å². The zero-order valence-corrected chi connectivity index (χ0v) is 6.68. The van der Waals surface area contributed by atoms with Crippen LogP contribution in [0, 0.1) is 0 Å². The summed E-state index contributed by atoms with van der Waals surface area (Å²) in [4.78, 5) is 0. The lowest BCUT2D eigenvalue weighted by Crippen LogP contribution is -1.82. The molecule has 0 spiro atoms. The Labute approximate surface area is 63.6 Å². The summed E-state index contributed by atoms with van der Waals surface area (Å²) in [6, 6.07) is 7.70. The largest absolute Gasteiger partial charge is 0.568 e. The lowest BCUT2D eigenvalue weighted by Gasteiger charge is -1.97. The molecule has 0 unspecified atom stereocenters. The molecular weight excluding hydrogens is 179 g/mol. The normalized spacial score (nSPS) is 9.00. The molecule has 46 valence electrons. The summed E-state index contributed by atoms with van der Waals surface area (Å²) in [7, 11) is 1.66. The predicted molar refractivity (Wildman–Crippen MR) is 43.3 cm³/mol. The van der Waals surface area contributed by atoms with E-state index >= 15 is 0 Å². The minimum atomic E-state index is 0.887. The molecule has 0 aliphatic carbocycles. The second-order valence-corrected chi connectivity index (χ2v) is 2.57. The SMILES string of the molecule is BOc1ccc(Br)cc1. The van der Waals surface area contributed by atoms with Crippen LogP contribution in [0.15, 0.2) is 28.7 Å². The maximum Gasteiger partial charge on any atom is 0.322 e. The third kappa shape index (κ3) is 1.75. The Morgan fingerprint density at radius 2 is 1.78 bits per heavy atom. The van der Waals surface area contributed by atoms with Gasteiger partial charge in [0.25, 0.3) is 0 Å². The van der Waals surface area contributed by atoms with E-state index in [0.29, 0.717) is 0 Å². The molecule has 0 aromatic heterocycles. The summed E-state index contributed by atoms with van der Waals surface area (Å²) in [5.41, 5.74) is 0. The third-order valence-corrected chi connectivity index (χ3v) is 1.58. The van der Waals surface area contributed by atoms with Crippen LogP contribution in [0.5, 0.6) is 5.75 Å². The van der Waals surface area contributed by atoms with Crippen LogP contribution in [0.25, 0.3) is 0 Å². The van der Waals surface area contributed by atoms with Crippen LogP contribution in [-0.4, -0.2) is 8.05 Å². The fraction of sp³-hybridized carbons (Fsp3) is 0. The van der Waals surface area contributed by atoms with Crippen LogP contribution in [-0.2, 0) is 0 Å². The summed E-state index contributed by atoms with van der Waals surface area (Å²) in [5, 5.41) is 0. The van der Waals surface area contributed by atoms with Crippen LogP contribution in [0.1, 0.15) is 0 Å². The van der Waals surface area contributed by atoms with Gasteiger partial charge in [-0.2, -0.15) is 0 Å². The van der Waals surface area contributed by atoms with Crippen molar-refractivity contribution in [3.63, 3.8) is 0 Å². The van der Waals surface area contributed by atoms with Crippen LogP contribution in [0.3, 0.4) is 0 Å². The first-order valence-electron chi connectivity index (χ1n) is 2.62. The molecule has 0 heterocycles. The van der Waals surface area contributed by atoms with Gasteiger partial charge in [-0.25, -0.2) is 0 Å². The molecule has 0 saturated heterocycles. The fourth-order valence-electron chi connectivity index (χ4n) is 0.571. The van der Waals surface area contributed by atoms with Crippen LogP contribution in [0.4, 0.5) is 0 Å². The van der Waals surface area contributed by atoms with Crippen LogP contribution in [0.2, 0.25) is 0 Å². The highest BCUT2D eigenvalue weighted by Crippen LogP contribution is 2.14. The Hall–Kier alpha value is -0.435. The van der Waals surface area contributed by atoms with Gasteiger partial charge in [-0.05, 0) is 24.3 Å². The second-order valence-electron chi connectivity index (χ2n) is 1.66. The molecule has 0 N–H and O–H groups in total. The molecule has 3 heteroatoms. The first-order valence-corrected chi connectivity index (χ1v) is 3.42. The average Bonchev–Trinajstić information content (AvgIpc) is 1.90. The van der Waals surface area contributed by atoms with Crippen LogP contribution >= 0.6 is 15.9 Å². The Morgan fingerprint density at radius 3 is 2.22 bits per heavy atom. The van der Waals surface area contributed by atoms with E-state index in [4.69, 9.17) is 4.65 Å².